The van der Waals surface area contributed by atoms with Gasteiger partial charge in [0.2, 0.25) is 0 Å². The average Bonchev–Trinajstić information content (AvgIpc) is 2.97. The van der Waals surface area contributed by atoms with E-state index in [4.69, 9.17) is 10.5 Å². The molecule has 3 fully saturated rings. The van der Waals surface area contributed by atoms with Crippen LogP contribution in [0.2, 0.25) is 0 Å². The molecule has 6 heteroatoms. The number of carbonyl (C=O) groups excluding carboxylic acids is 2. The van der Waals surface area contributed by atoms with Crippen LogP contribution in [-0.2, 0) is 16.1 Å². The molecule has 2 bridgehead atoms. The van der Waals surface area contributed by atoms with E-state index in [1.54, 1.807) is 0 Å². The minimum atomic E-state index is -0.263. The number of nitrogens with zero attached hydrogens (tertiary/aromatic N) is 2. The molecule has 3 aliphatic heterocycles. The SMILES string of the molecule is NC(=O)N1[C@@H]2CC[C@@H]1CC(N1CCC(C(=O)OCc3ccccc3)CC1)C2. The minimum Gasteiger partial charge on any atom is -0.461 e. The van der Waals surface area contributed by atoms with Crippen LogP contribution in [-0.4, -0.2) is 53.0 Å². The molecule has 2 amide bonds. The summed E-state index contributed by atoms with van der Waals surface area (Å²) in [5.41, 5.74) is 6.58. The molecule has 0 spiro atoms. The van der Waals surface area contributed by atoms with Crippen molar-refractivity contribution >= 4 is 12.0 Å². The first-order chi connectivity index (χ1) is 13.1. The molecule has 0 aliphatic carbocycles. The van der Waals surface area contributed by atoms with Crippen LogP contribution in [0.25, 0.3) is 0 Å². The molecule has 0 saturated carbocycles. The number of amides is 2. The maximum absolute atomic E-state index is 12.4. The number of primary amides is 1. The number of fused-ring (bicyclic) bond motifs is 2. The Kier molecular flexibility index (Phi) is 5.34. The van der Waals surface area contributed by atoms with E-state index in [0.29, 0.717) is 24.7 Å². The minimum absolute atomic E-state index is 0.00685. The van der Waals surface area contributed by atoms with Crippen LogP contribution in [0.3, 0.4) is 0 Å². The highest BCUT2D eigenvalue weighted by Crippen LogP contribution is 2.38. The van der Waals surface area contributed by atoms with Gasteiger partial charge in [0.1, 0.15) is 6.61 Å². The lowest BCUT2D eigenvalue weighted by atomic mass is 9.91. The third kappa shape index (κ3) is 3.95. The first-order valence-electron chi connectivity index (χ1n) is 10.1. The van der Waals surface area contributed by atoms with Crippen molar-refractivity contribution in [1.82, 2.24) is 9.80 Å². The van der Waals surface area contributed by atoms with Gasteiger partial charge in [-0.15, -0.1) is 0 Å². The number of benzene rings is 1. The van der Waals surface area contributed by atoms with Crippen LogP contribution in [0, 0.1) is 5.92 Å². The molecule has 146 valence electrons. The maximum atomic E-state index is 12.4. The summed E-state index contributed by atoms with van der Waals surface area (Å²) in [6.45, 7) is 2.23. The number of nitrogens with two attached hydrogens (primary N) is 1. The van der Waals surface area contributed by atoms with Crippen molar-refractivity contribution < 1.29 is 14.3 Å². The number of esters is 1. The fourth-order valence-corrected chi connectivity index (χ4v) is 5.15. The second kappa shape index (κ2) is 7.89. The van der Waals surface area contributed by atoms with Crippen molar-refractivity contribution in [2.75, 3.05) is 13.1 Å². The zero-order chi connectivity index (χ0) is 18.8. The lowest BCUT2D eigenvalue weighted by Crippen LogP contribution is -2.55. The number of rotatable bonds is 4. The zero-order valence-electron chi connectivity index (χ0n) is 15.8. The van der Waals surface area contributed by atoms with Crippen LogP contribution < -0.4 is 5.73 Å². The quantitative estimate of drug-likeness (QED) is 0.825. The van der Waals surface area contributed by atoms with Crippen LogP contribution in [0.15, 0.2) is 30.3 Å². The summed E-state index contributed by atoms with van der Waals surface area (Å²) in [6.07, 6.45) is 5.90. The van der Waals surface area contributed by atoms with Crippen molar-refractivity contribution in [3.05, 3.63) is 35.9 Å². The molecule has 2 N–H and O–H groups in total. The second-order valence-corrected chi connectivity index (χ2v) is 8.16. The molecule has 0 radical (unpaired) electrons. The van der Waals surface area contributed by atoms with Crippen molar-refractivity contribution in [3.8, 4) is 0 Å². The number of hydrogen-bond donors (Lipinski definition) is 1. The molecular formula is C21H29N3O3. The predicted molar refractivity (Wildman–Crippen MR) is 102 cm³/mol. The van der Waals surface area contributed by atoms with Crippen molar-refractivity contribution in [3.63, 3.8) is 0 Å². The standard InChI is InChI=1S/C21H29N3O3/c22-21(26)24-17-6-7-18(24)13-19(12-17)23-10-8-16(9-11-23)20(25)27-14-15-4-2-1-3-5-15/h1-5,16-19H,6-14H2,(H2,22,26)/t17-,18-/m1/s1. The lowest BCUT2D eigenvalue weighted by Gasteiger charge is -2.44. The molecule has 6 nitrogen and oxygen atoms in total. The Labute approximate surface area is 160 Å². The third-order valence-electron chi connectivity index (χ3n) is 6.57. The number of hydrogen-bond acceptors (Lipinski definition) is 4. The zero-order valence-corrected chi connectivity index (χ0v) is 15.8. The molecular weight excluding hydrogens is 342 g/mol. The summed E-state index contributed by atoms with van der Waals surface area (Å²) in [7, 11) is 0. The molecule has 0 unspecified atom stereocenters. The summed E-state index contributed by atoms with van der Waals surface area (Å²) < 4.78 is 5.52. The molecule has 3 aliphatic rings. The highest BCUT2D eigenvalue weighted by atomic mass is 16.5. The van der Waals surface area contributed by atoms with Crippen LogP contribution in [0.1, 0.15) is 44.1 Å². The fourth-order valence-electron chi connectivity index (χ4n) is 5.15. The Bertz CT molecular complexity index is 659. The van der Waals surface area contributed by atoms with Crippen LogP contribution >= 0.6 is 0 Å². The van der Waals surface area contributed by atoms with Gasteiger partial charge in [-0.25, -0.2) is 4.79 Å². The molecule has 27 heavy (non-hydrogen) atoms. The largest absolute Gasteiger partial charge is 0.461 e. The highest BCUT2D eigenvalue weighted by molar-refractivity contribution is 5.73. The molecule has 3 heterocycles. The summed E-state index contributed by atoms with van der Waals surface area (Å²) >= 11 is 0. The molecule has 0 aromatic heterocycles. The Morgan fingerprint density at radius 2 is 1.59 bits per heavy atom. The Morgan fingerprint density at radius 1 is 0.963 bits per heavy atom. The summed E-state index contributed by atoms with van der Waals surface area (Å²) in [5.74, 6) is -0.0606. The highest BCUT2D eigenvalue weighted by Gasteiger charge is 2.44. The van der Waals surface area contributed by atoms with Gasteiger partial charge in [0.25, 0.3) is 0 Å². The van der Waals surface area contributed by atoms with E-state index >= 15 is 0 Å². The van der Waals surface area contributed by atoms with E-state index in [-0.39, 0.29) is 17.9 Å². The smallest absolute Gasteiger partial charge is 0.315 e. The van der Waals surface area contributed by atoms with E-state index in [2.05, 4.69) is 4.90 Å². The monoisotopic (exact) mass is 371 g/mol. The van der Waals surface area contributed by atoms with E-state index in [1.165, 1.54) is 0 Å². The first kappa shape index (κ1) is 18.3. The number of urea groups is 1. The van der Waals surface area contributed by atoms with Gasteiger partial charge in [-0.05, 0) is 57.2 Å². The van der Waals surface area contributed by atoms with Gasteiger partial charge in [0, 0.05) is 18.1 Å². The summed E-state index contributed by atoms with van der Waals surface area (Å²) in [6, 6.07) is 10.7. The predicted octanol–water partition coefficient (Wildman–Crippen LogP) is 2.52. The summed E-state index contributed by atoms with van der Waals surface area (Å²) in [4.78, 5) is 28.5. The third-order valence-corrected chi connectivity index (χ3v) is 6.57. The summed E-state index contributed by atoms with van der Waals surface area (Å²) in [5, 5.41) is 0. The lowest BCUT2D eigenvalue weighted by molar-refractivity contribution is -0.151. The van der Waals surface area contributed by atoms with Crippen LogP contribution in [0.4, 0.5) is 4.79 Å². The van der Waals surface area contributed by atoms with E-state index in [0.717, 1.165) is 57.2 Å². The van der Waals surface area contributed by atoms with Crippen molar-refractivity contribution in [1.29, 1.82) is 0 Å². The molecule has 1 aromatic carbocycles. The van der Waals surface area contributed by atoms with Gasteiger partial charge in [-0.3, -0.25) is 4.79 Å². The normalized spacial score (nSPS) is 28.9. The number of ether oxygens (including phenoxy) is 1. The molecule has 1 aromatic rings. The maximum Gasteiger partial charge on any atom is 0.315 e. The van der Waals surface area contributed by atoms with Crippen molar-refractivity contribution in [2.45, 2.75) is 63.3 Å². The molecule has 2 atom stereocenters. The van der Waals surface area contributed by atoms with Gasteiger partial charge in [-0.2, -0.15) is 0 Å². The van der Waals surface area contributed by atoms with Gasteiger partial charge in [-0.1, -0.05) is 30.3 Å². The Hall–Kier alpha value is -2.08. The number of piperidine rings is 2. The molecule has 3 saturated heterocycles. The van der Waals surface area contributed by atoms with Gasteiger partial charge >= 0.3 is 12.0 Å². The Balaban J connectivity index is 1.25. The van der Waals surface area contributed by atoms with E-state index in [1.807, 2.05) is 35.2 Å². The van der Waals surface area contributed by atoms with Gasteiger partial charge in [0.05, 0.1) is 5.92 Å². The average molecular weight is 371 g/mol. The number of likely N-dealkylation sites (tertiary alicyclic amines) is 1. The Morgan fingerprint density at radius 3 is 2.19 bits per heavy atom. The van der Waals surface area contributed by atoms with Crippen molar-refractivity contribution in [2.24, 2.45) is 11.7 Å². The number of carbonyl (C=O) groups is 2. The van der Waals surface area contributed by atoms with E-state index < -0.39 is 0 Å². The topological polar surface area (TPSA) is 75.9 Å². The fraction of sp³-hybridized carbons (Fsp3) is 0.619. The molecule has 4 rings (SSSR count). The van der Waals surface area contributed by atoms with E-state index in [9.17, 15) is 9.59 Å². The second-order valence-electron chi connectivity index (χ2n) is 8.16. The van der Waals surface area contributed by atoms with Crippen LogP contribution in [0.5, 0.6) is 0 Å². The van der Waals surface area contributed by atoms with Gasteiger partial charge in [0.15, 0.2) is 0 Å². The first-order valence-corrected chi connectivity index (χ1v) is 10.1. The van der Waals surface area contributed by atoms with Gasteiger partial charge < -0.3 is 20.3 Å².